The zero-order chi connectivity index (χ0) is 24.8. The van der Waals surface area contributed by atoms with Gasteiger partial charge in [-0.3, -0.25) is 9.10 Å². The lowest BCUT2D eigenvalue weighted by Crippen LogP contribution is -2.41. The summed E-state index contributed by atoms with van der Waals surface area (Å²) < 4.78 is 56.7. The van der Waals surface area contributed by atoms with E-state index in [2.05, 4.69) is 5.32 Å². The molecule has 9 nitrogen and oxygen atoms in total. The summed E-state index contributed by atoms with van der Waals surface area (Å²) in [6.45, 7) is 3.85. The zero-order valence-electron chi connectivity index (χ0n) is 19.5. The second-order valence-corrected chi connectivity index (χ2v) is 12.0. The molecule has 0 saturated heterocycles. The number of nitrogens with one attached hydrogen (secondary N) is 1. The van der Waals surface area contributed by atoms with Crippen LogP contribution in [0.5, 0.6) is 5.75 Å². The van der Waals surface area contributed by atoms with Gasteiger partial charge in [-0.2, -0.15) is 0 Å². The normalized spacial score (nSPS) is 12.1. The molecule has 2 aromatic carbocycles. The van der Waals surface area contributed by atoms with Gasteiger partial charge in [-0.25, -0.2) is 21.1 Å². The summed E-state index contributed by atoms with van der Waals surface area (Å²) in [6.07, 6.45) is 1.07. The fraction of sp³-hybridized carbons (Fsp3) is 0.409. The van der Waals surface area contributed by atoms with Gasteiger partial charge in [0.2, 0.25) is 26.0 Å². The van der Waals surface area contributed by atoms with Crippen molar-refractivity contribution in [2.45, 2.75) is 24.7 Å². The van der Waals surface area contributed by atoms with Gasteiger partial charge < -0.3 is 10.1 Å². The molecule has 182 valence electrons. The smallest absolute Gasteiger partial charge is 0.242 e. The summed E-state index contributed by atoms with van der Waals surface area (Å²) in [5, 5.41) is 2.65. The molecule has 0 saturated carbocycles. The Labute approximate surface area is 196 Å². The SMILES string of the molecule is CC(C)c1ccccc1N(CC(=O)NCCOc1ccc(S(=O)(=O)N(C)C)cc1)S(C)(=O)=O. The minimum Gasteiger partial charge on any atom is -0.492 e. The lowest BCUT2D eigenvalue weighted by Gasteiger charge is -2.25. The third kappa shape index (κ3) is 7.18. The number of hydrogen-bond acceptors (Lipinski definition) is 6. The van der Waals surface area contributed by atoms with Gasteiger partial charge >= 0.3 is 0 Å². The van der Waals surface area contributed by atoms with Crippen molar-refractivity contribution in [3.8, 4) is 5.75 Å². The molecule has 2 rings (SSSR count). The Balaban J connectivity index is 1.95. The summed E-state index contributed by atoms with van der Waals surface area (Å²) in [7, 11) is -4.29. The number of nitrogens with zero attached hydrogens (tertiary/aromatic N) is 2. The maximum absolute atomic E-state index is 12.4. The van der Waals surface area contributed by atoms with E-state index >= 15 is 0 Å². The zero-order valence-corrected chi connectivity index (χ0v) is 21.1. The maximum Gasteiger partial charge on any atom is 0.242 e. The number of ether oxygens (including phenoxy) is 1. The highest BCUT2D eigenvalue weighted by molar-refractivity contribution is 7.92. The molecule has 33 heavy (non-hydrogen) atoms. The Kier molecular flexibility index (Phi) is 8.87. The Bertz CT molecular complexity index is 1160. The number of hydrogen-bond donors (Lipinski definition) is 1. The molecule has 0 aliphatic carbocycles. The number of sulfonamides is 2. The van der Waals surface area contributed by atoms with Gasteiger partial charge in [0.15, 0.2) is 0 Å². The highest BCUT2D eigenvalue weighted by Gasteiger charge is 2.23. The molecule has 0 bridgehead atoms. The predicted molar refractivity (Wildman–Crippen MR) is 129 cm³/mol. The Hall–Kier alpha value is -2.63. The van der Waals surface area contributed by atoms with Crippen molar-refractivity contribution < 1.29 is 26.4 Å². The van der Waals surface area contributed by atoms with Crippen LogP contribution >= 0.6 is 0 Å². The molecule has 0 heterocycles. The first-order valence-corrected chi connectivity index (χ1v) is 13.6. The van der Waals surface area contributed by atoms with Crippen LogP contribution in [0.3, 0.4) is 0 Å². The summed E-state index contributed by atoms with van der Waals surface area (Å²) in [6, 6.07) is 13.1. The fourth-order valence-corrected chi connectivity index (χ4v) is 4.83. The molecular formula is C22H31N3O6S2. The highest BCUT2D eigenvalue weighted by atomic mass is 32.2. The van der Waals surface area contributed by atoms with E-state index in [-0.39, 0.29) is 30.5 Å². The second-order valence-electron chi connectivity index (χ2n) is 7.94. The summed E-state index contributed by atoms with van der Waals surface area (Å²) >= 11 is 0. The first-order chi connectivity index (χ1) is 15.3. The van der Waals surface area contributed by atoms with Crippen molar-refractivity contribution in [2.75, 3.05) is 44.4 Å². The van der Waals surface area contributed by atoms with E-state index in [1.54, 1.807) is 12.1 Å². The van der Waals surface area contributed by atoms with Gasteiger partial charge in [0.05, 0.1) is 23.4 Å². The van der Waals surface area contributed by atoms with E-state index in [4.69, 9.17) is 4.74 Å². The lowest BCUT2D eigenvalue weighted by molar-refractivity contribution is -0.119. The van der Waals surface area contributed by atoms with E-state index in [0.717, 1.165) is 20.4 Å². The molecule has 0 aliphatic heterocycles. The van der Waals surface area contributed by atoms with Crippen LogP contribution < -0.4 is 14.4 Å². The minimum absolute atomic E-state index is 0.0843. The standard InChI is InChI=1S/C22H31N3O6S2/c1-17(2)20-8-6-7-9-21(20)25(32(5,27)28)16-22(26)23-14-15-31-18-10-12-19(13-11-18)33(29,30)24(3)4/h6-13,17H,14-16H2,1-5H3,(H,23,26). The number of para-hydroxylation sites is 1. The van der Waals surface area contributed by atoms with Gasteiger partial charge in [-0.15, -0.1) is 0 Å². The van der Waals surface area contributed by atoms with Gasteiger partial charge in [0.25, 0.3) is 0 Å². The molecular weight excluding hydrogens is 466 g/mol. The average molecular weight is 498 g/mol. The van der Waals surface area contributed by atoms with E-state index in [0.29, 0.717) is 11.4 Å². The topological polar surface area (TPSA) is 113 Å². The molecule has 2 aromatic rings. The van der Waals surface area contributed by atoms with Crippen LogP contribution in [-0.4, -0.2) is 67.1 Å². The maximum atomic E-state index is 12.4. The van der Waals surface area contributed by atoms with Crippen LogP contribution in [0.1, 0.15) is 25.3 Å². The number of amides is 1. The number of carbonyl (C=O) groups is 1. The van der Waals surface area contributed by atoms with Gasteiger partial charge in [-0.05, 0) is 41.8 Å². The molecule has 1 N–H and O–H groups in total. The Morgan fingerprint density at radius 2 is 1.61 bits per heavy atom. The molecule has 0 aromatic heterocycles. The summed E-state index contributed by atoms with van der Waals surface area (Å²) in [4.78, 5) is 12.6. The number of rotatable bonds is 11. The second kappa shape index (κ2) is 11.0. The van der Waals surface area contributed by atoms with E-state index in [1.165, 1.54) is 38.4 Å². The van der Waals surface area contributed by atoms with Crippen LogP contribution in [0.15, 0.2) is 53.4 Å². The van der Waals surface area contributed by atoms with E-state index in [1.807, 2.05) is 26.0 Å². The summed E-state index contributed by atoms with van der Waals surface area (Å²) in [5.74, 6) is 0.0709. The number of anilines is 1. The molecule has 0 unspecified atom stereocenters. The van der Waals surface area contributed by atoms with Crippen molar-refractivity contribution >= 4 is 31.6 Å². The molecule has 0 aliphatic rings. The van der Waals surface area contributed by atoms with Crippen LogP contribution in [0.25, 0.3) is 0 Å². The van der Waals surface area contributed by atoms with Crippen LogP contribution in [0.4, 0.5) is 5.69 Å². The largest absolute Gasteiger partial charge is 0.492 e. The van der Waals surface area contributed by atoms with Crippen molar-refractivity contribution in [2.24, 2.45) is 0 Å². The molecule has 0 atom stereocenters. The highest BCUT2D eigenvalue weighted by Crippen LogP contribution is 2.28. The van der Waals surface area contributed by atoms with E-state index in [9.17, 15) is 21.6 Å². The fourth-order valence-electron chi connectivity index (χ4n) is 3.05. The number of carbonyl (C=O) groups excluding carboxylic acids is 1. The minimum atomic E-state index is -3.68. The molecule has 11 heteroatoms. The average Bonchev–Trinajstić information content (AvgIpc) is 2.74. The lowest BCUT2D eigenvalue weighted by atomic mass is 10.0. The third-order valence-electron chi connectivity index (χ3n) is 4.81. The van der Waals surface area contributed by atoms with Crippen molar-refractivity contribution in [1.29, 1.82) is 0 Å². The monoisotopic (exact) mass is 497 g/mol. The molecule has 0 spiro atoms. The van der Waals surface area contributed by atoms with Crippen LogP contribution in [0.2, 0.25) is 0 Å². The van der Waals surface area contributed by atoms with Gasteiger partial charge in [0, 0.05) is 14.1 Å². The van der Waals surface area contributed by atoms with Crippen molar-refractivity contribution in [3.63, 3.8) is 0 Å². The third-order valence-corrected chi connectivity index (χ3v) is 7.77. The first kappa shape index (κ1) is 26.6. The van der Waals surface area contributed by atoms with Gasteiger partial charge in [-0.1, -0.05) is 32.0 Å². The molecule has 1 amide bonds. The number of benzene rings is 2. The Morgan fingerprint density at radius 1 is 1.00 bits per heavy atom. The first-order valence-electron chi connectivity index (χ1n) is 10.3. The quantitative estimate of drug-likeness (QED) is 0.475. The van der Waals surface area contributed by atoms with Crippen LogP contribution in [0, 0.1) is 0 Å². The predicted octanol–water partition coefficient (Wildman–Crippen LogP) is 2.02. The molecule has 0 radical (unpaired) electrons. The van der Waals surface area contributed by atoms with Gasteiger partial charge in [0.1, 0.15) is 18.9 Å². The Morgan fingerprint density at radius 3 is 2.15 bits per heavy atom. The van der Waals surface area contributed by atoms with Crippen molar-refractivity contribution in [1.82, 2.24) is 9.62 Å². The molecule has 0 fully saturated rings. The van der Waals surface area contributed by atoms with Crippen LogP contribution in [-0.2, 0) is 24.8 Å². The van der Waals surface area contributed by atoms with Crippen molar-refractivity contribution in [3.05, 3.63) is 54.1 Å². The summed E-state index contributed by atoms with van der Waals surface area (Å²) in [5.41, 5.74) is 1.31. The van der Waals surface area contributed by atoms with E-state index < -0.39 is 26.0 Å².